The number of nitriles is 1. The molecular formula is C14H20N5O6P. The highest BCUT2D eigenvalue weighted by Gasteiger charge is 2.69. The third kappa shape index (κ3) is 2.75. The number of nitrogens with zero attached hydrogens (tertiary/aromatic N) is 3. The average molecular weight is 385 g/mol. The molecule has 2 aliphatic rings. The summed E-state index contributed by atoms with van der Waals surface area (Å²) in [6, 6.07) is 2.92. The second-order valence-corrected chi connectivity index (χ2v) is 8.39. The summed E-state index contributed by atoms with van der Waals surface area (Å²) in [4.78, 5) is 15.8. The smallest absolute Gasteiger partial charge is 0.383 e. The molecule has 26 heavy (non-hydrogen) atoms. The third-order valence-electron chi connectivity index (χ3n) is 4.29. The van der Waals surface area contributed by atoms with Crippen LogP contribution in [0.1, 0.15) is 20.8 Å². The van der Waals surface area contributed by atoms with Crippen molar-refractivity contribution in [2.75, 3.05) is 12.3 Å². The van der Waals surface area contributed by atoms with Crippen LogP contribution in [0.2, 0.25) is 0 Å². The summed E-state index contributed by atoms with van der Waals surface area (Å²) in [5, 5.41) is 23.6. The van der Waals surface area contributed by atoms with Crippen LogP contribution < -0.4 is 16.5 Å². The van der Waals surface area contributed by atoms with E-state index in [4.69, 9.17) is 19.5 Å². The van der Waals surface area contributed by atoms with Crippen molar-refractivity contribution in [2.45, 2.75) is 50.3 Å². The maximum absolute atomic E-state index is 12.7. The molecule has 0 amide bonds. The van der Waals surface area contributed by atoms with Crippen LogP contribution in [-0.2, 0) is 24.1 Å². The van der Waals surface area contributed by atoms with Crippen LogP contribution in [0.5, 0.6) is 0 Å². The summed E-state index contributed by atoms with van der Waals surface area (Å²) in [5.41, 5.74) is 0.405. The lowest BCUT2D eigenvalue weighted by Crippen LogP contribution is -2.58. The van der Waals surface area contributed by atoms with Crippen molar-refractivity contribution < 1.29 is 23.5 Å². The lowest BCUT2D eigenvalue weighted by molar-refractivity contribution is -0.147. The zero-order valence-corrected chi connectivity index (χ0v) is 15.3. The lowest BCUT2D eigenvalue weighted by Gasteiger charge is -2.38. The Morgan fingerprint density at radius 1 is 1.62 bits per heavy atom. The Morgan fingerprint density at radius 2 is 2.31 bits per heavy atom. The van der Waals surface area contributed by atoms with Crippen molar-refractivity contribution in [3.05, 3.63) is 22.7 Å². The molecule has 142 valence electrons. The molecule has 5 atom stereocenters. The number of nitrogen functional groups attached to an aromatic ring is 1. The van der Waals surface area contributed by atoms with Gasteiger partial charge in [-0.15, -0.1) is 0 Å². The van der Waals surface area contributed by atoms with Crippen molar-refractivity contribution in [3.8, 4) is 6.07 Å². The van der Waals surface area contributed by atoms with Gasteiger partial charge in [0.05, 0.1) is 6.61 Å². The Kier molecular flexibility index (Phi) is 4.47. The number of nitrogens with two attached hydrogens (primary N) is 1. The second-order valence-electron chi connectivity index (χ2n) is 6.67. The van der Waals surface area contributed by atoms with Crippen LogP contribution in [0.4, 0.5) is 5.82 Å². The molecule has 5 unspecified atom stereocenters. The van der Waals surface area contributed by atoms with Gasteiger partial charge in [-0.1, -0.05) is 0 Å². The average Bonchev–Trinajstić information content (AvgIpc) is 2.74. The summed E-state index contributed by atoms with van der Waals surface area (Å²) < 4.78 is 30.0. The van der Waals surface area contributed by atoms with E-state index >= 15 is 0 Å². The molecule has 2 aliphatic heterocycles. The van der Waals surface area contributed by atoms with Gasteiger partial charge in [0.25, 0.3) is 5.72 Å². The van der Waals surface area contributed by atoms with Crippen LogP contribution in [0.25, 0.3) is 0 Å². The van der Waals surface area contributed by atoms with E-state index in [1.165, 1.54) is 19.2 Å². The number of ether oxygens (including phenoxy) is 1. The fourth-order valence-corrected chi connectivity index (χ4v) is 4.94. The largest absolute Gasteiger partial charge is 0.406 e. The molecule has 0 aliphatic carbocycles. The van der Waals surface area contributed by atoms with Crippen LogP contribution in [0.3, 0.4) is 0 Å². The fraction of sp³-hybridized carbons (Fsp3) is 0.643. The molecule has 12 heteroatoms. The van der Waals surface area contributed by atoms with E-state index in [0.717, 1.165) is 4.57 Å². The molecule has 1 aromatic rings. The molecule has 2 saturated heterocycles. The minimum absolute atomic E-state index is 0.0420. The van der Waals surface area contributed by atoms with Gasteiger partial charge in [-0.05, 0) is 26.8 Å². The molecular weight excluding hydrogens is 365 g/mol. The number of nitrogens with one attached hydrogen (secondary N) is 1. The highest BCUT2D eigenvalue weighted by atomic mass is 31.2. The van der Waals surface area contributed by atoms with Crippen molar-refractivity contribution in [2.24, 2.45) is 0 Å². The summed E-state index contributed by atoms with van der Waals surface area (Å²) in [6.07, 6.45) is -0.908. The van der Waals surface area contributed by atoms with Crippen molar-refractivity contribution >= 4 is 13.6 Å². The minimum atomic E-state index is -3.72. The van der Waals surface area contributed by atoms with Gasteiger partial charge in [-0.2, -0.15) is 10.2 Å². The summed E-state index contributed by atoms with van der Waals surface area (Å²) >= 11 is 0. The van der Waals surface area contributed by atoms with E-state index < -0.39 is 37.0 Å². The minimum Gasteiger partial charge on any atom is -0.383 e. The van der Waals surface area contributed by atoms with Crippen molar-refractivity contribution in [3.63, 3.8) is 0 Å². The monoisotopic (exact) mass is 385 g/mol. The Balaban J connectivity index is 2.05. The molecule has 0 saturated carbocycles. The summed E-state index contributed by atoms with van der Waals surface area (Å²) in [7, 11) is -3.72. The number of aromatic nitrogens is 2. The summed E-state index contributed by atoms with van der Waals surface area (Å²) in [5.74, 6) is -0.0420. The van der Waals surface area contributed by atoms with Crippen LogP contribution >= 0.6 is 7.75 Å². The van der Waals surface area contributed by atoms with E-state index in [0.29, 0.717) is 0 Å². The van der Waals surface area contributed by atoms with Gasteiger partial charge >= 0.3 is 13.4 Å². The Bertz CT molecular complexity index is 864. The van der Waals surface area contributed by atoms with Crippen LogP contribution in [-0.4, -0.2) is 45.1 Å². The van der Waals surface area contributed by atoms with Gasteiger partial charge in [-0.3, -0.25) is 13.6 Å². The second kappa shape index (κ2) is 6.13. The van der Waals surface area contributed by atoms with Crippen LogP contribution in [0, 0.1) is 11.3 Å². The molecule has 2 fully saturated rings. The quantitative estimate of drug-likeness (QED) is 0.587. The maximum atomic E-state index is 12.7. The third-order valence-corrected chi connectivity index (χ3v) is 6.12. The zero-order chi connectivity index (χ0) is 19.3. The molecule has 4 N–H and O–H groups in total. The highest BCUT2D eigenvalue weighted by Crippen LogP contribution is 2.57. The molecule has 3 rings (SSSR count). The van der Waals surface area contributed by atoms with Gasteiger partial charge in [0.1, 0.15) is 24.1 Å². The first-order chi connectivity index (χ1) is 12.0. The Morgan fingerprint density at radius 3 is 2.88 bits per heavy atom. The SMILES string of the molecule is CC(C)NP1(=O)OCC2OC(C#N)(n3ccc(N)nc3=O)C(C)(O)C2O1. The molecule has 0 aromatic carbocycles. The number of hydrogen-bond donors (Lipinski definition) is 3. The Hall–Kier alpha value is -1.80. The first kappa shape index (κ1) is 19.0. The topological polar surface area (TPSA) is 162 Å². The lowest BCUT2D eigenvalue weighted by atomic mass is 9.88. The van der Waals surface area contributed by atoms with Gasteiger partial charge in [0, 0.05) is 12.2 Å². The van der Waals surface area contributed by atoms with E-state index in [-0.39, 0.29) is 18.5 Å². The maximum Gasteiger partial charge on any atom is 0.406 e. The van der Waals surface area contributed by atoms with Gasteiger partial charge in [0.15, 0.2) is 5.60 Å². The van der Waals surface area contributed by atoms with Crippen molar-refractivity contribution in [1.82, 2.24) is 14.6 Å². The Labute approximate surface area is 149 Å². The van der Waals surface area contributed by atoms with Crippen molar-refractivity contribution in [1.29, 1.82) is 5.26 Å². The normalized spacial score (nSPS) is 39.5. The number of anilines is 1. The van der Waals surface area contributed by atoms with E-state index in [2.05, 4.69) is 10.1 Å². The number of aliphatic hydroxyl groups is 1. The van der Waals surface area contributed by atoms with Gasteiger partial charge in [-0.25, -0.2) is 14.4 Å². The first-order valence-electron chi connectivity index (χ1n) is 7.92. The molecule has 0 radical (unpaired) electrons. The number of hydrogen-bond acceptors (Lipinski definition) is 9. The summed E-state index contributed by atoms with van der Waals surface area (Å²) in [6.45, 7) is 4.58. The predicted octanol–water partition coefficient (Wildman–Crippen LogP) is -0.327. The molecule has 1 aromatic heterocycles. The van der Waals surface area contributed by atoms with E-state index in [1.54, 1.807) is 13.8 Å². The molecule has 3 heterocycles. The predicted molar refractivity (Wildman–Crippen MR) is 88.7 cm³/mol. The number of rotatable bonds is 3. The molecule has 0 spiro atoms. The number of fused-ring (bicyclic) bond motifs is 1. The van der Waals surface area contributed by atoms with Crippen LogP contribution in [0.15, 0.2) is 17.1 Å². The standard InChI is InChI=1S/C14H20N5O6P/c1-8(2)18-26(22)23-6-9-11(25-26)13(3,21)14(7-15,24-9)19-5-4-10(16)17-12(19)20/h4-5,8-9,11,21H,6H2,1-3H3,(H,18,22)(H2,16,17,20). The van der Waals surface area contributed by atoms with Gasteiger partial charge < -0.3 is 15.6 Å². The highest BCUT2D eigenvalue weighted by molar-refractivity contribution is 7.51. The first-order valence-corrected chi connectivity index (χ1v) is 9.47. The zero-order valence-electron chi connectivity index (χ0n) is 14.4. The molecule has 0 bridgehead atoms. The fourth-order valence-electron chi connectivity index (χ4n) is 3.13. The molecule has 11 nitrogen and oxygen atoms in total. The van der Waals surface area contributed by atoms with Gasteiger partial charge in [0.2, 0.25) is 0 Å². The van der Waals surface area contributed by atoms with E-state index in [9.17, 15) is 19.7 Å². The van der Waals surface area contributed by atoms with E-state index in [1.807, 2.05) is 6.07 Å².